The summed E-state index contributed by atoms with van der Waals surface area (Å²) in [6.07, 6.45) is 3.24. The lowest BCUT2D eigenvalue weighted by Crippen LogP contribution is -2.40. The van der Waals surface area contributed by atoms with Crippen LogP contribution in [0.15, 0.2) is 36.5 Å². The molecular formula is C18H23N3O3. The minimum atomic E-state index is -1.01. The van der Waals surface area contributed by atoms with E-state index in [4.69, 9.17) is 0 Å². The Morgan fingerprint density at radius 2 is 1.96 bits per heavy atom. The Hall–Kier alpha value is -2.63. The number of amides is 1. The summed E-state index contributed by atoms with van der Waals surface area (Å²) in [5, 5.41) is 16.1. The first kappa shape index (κ1) is 17.7. The largest absolute Gasteiger partial charge is 0.480 e. The zero-order valence-corrected chi connectivity index (χ0v) is 14.0. The van der Waals surface area contributed by atoms with Gasteiger partial charge in [0.05, 0.1) is 24.0 Å². The molecule has 0 radical (unpaired) electrons. The average Bonchev–Trinajstić information content (AvgIpc) is 2.97. The molecule has 128 valence electrons. The fourth-order valence-corrected chi connectivity index (χ4v) is 2.65. The van der Waals surface area contributed by atoms with E-state index < -0.39 is 12.0 Å². The number of nitrogens with zero attached hydrogens (tertiary/aromatic N) is 2. The van der Waals surface area contributed by atoms with Gasteiger partial charge in [-0.15, -0.1) is 0 Å². The number of carboxylic acids is 1. The highest BCUT2D eigenvalue weighted by Gasteiger charge is 2.23. The van der Waals surface area contributed by atoms with Crippen LogP contribution in [0.5, 0.6) is 0 Å². The number of aliphatic carboxylic acids is 1. The Morgan fingerprint density at radius 1 is 1.25 bits per heavy atom. The van der Waals surface area contributed by atoms with Gasteiger partial charge < -0.3 is 10.4 Å². The van der Waals surface area contributed by atoms with Gasteiger partial charge in [0.15, 0.2) is 0 Å². The molecule has 0 bridgehead atoms. The van der Waals surface area contributed by atoms with Gasteiger partial charge in [-0.25, -0.2) is 4.79 Å². The molecule has 2 N–H and O–H groups in total. The first-order valence-electron chi connectivity index (χ1n) is 8.19. The molecule has 6 nitrogen and oxygen atoms in total. The van der Waals surface area contributed by atoms with Gasteiger partial charge in [0.2, 0.25) is 0 Å². The summed E-state index contributed by atoms with van der Waals surface area (Å²) in [6.45, 7) is 4.42. The van der Waals surface area contributed by atoms with Crippen LogP contribution in [-0.4, -0.2) is 32.8 Å². The van der Waals surface area contributed by atoms with E-state index in [9.17, 15) is 14.7 Å². The Labute approximate surface area is 141 Å². The van der Waals surface area contributed by atoms with Crippen molar-refractivity contribution < 1.29 is 14.7 Å². The van der Waals surface area contributed by atoms with E-state index in [2.05, 4.69) is 10.4 Å². The number of aromatic nitrogens is 2. The number of hydrogen-bond donors (Lipinski definition) is 2. The summed E-state index contributed by atoms with van der Waals surface area (Å²) >= 11 is 0. The van der Waals surface area contributed by atoms with E-state index in [0.717, 1.165) is 11.3 Å². The smallest absolute Gasteiger partial charge is 0.326 e. The van der Waals surface area contributed by atoms with Crippen LogP contribution in [0.2, 0.25) is 0 Å². The highest BCUT2D eigenvalue weighted by atomic mass is 16.4. The topological polar surface area (TPSA) is 84.2 Å². The Balaban J connectivity index is 2.18. The molecule has 1 atom stereocenters. The maximum absolute atomic E-state index is 12.5. The van der Waals surface area contributed by atoms with Crippen molar-refractivity contribution in [3.63, 3.8) is 0 Å². The zero-order chi connectivity index (χ0) is 17.5. The molecule has 0 saturated carbocycles. The second-order valence-corrected chi connectivity index (χ2v) is 5.65. The third kappa shape index (κ3) is 4.22. The predicted octanol–water partition coefficient (Wildman–Crippen LogP) is 2.48. The van der Waals surface area contributed by atoms with Crippen LogP contribution >= 0.6 is 0 Å². The summed E-state index contributed by atoms with van der Waals surface area (Å²) in [5.74, 6) is -1.40. The summed E-state index contributed by atoms with van der Waals surface area (Å²) < 4.78 is 1.79. The Bertz CT molecular complexity index is 695. The number of rotatable bonds is 8. The monoisotopic (exact) mass is 329 g/mol. The van der Waals surface area contributed by atoms with Crippen LogP contribution in [0.25, 0.3) is 0 Å². The number of carboxylic acid groups (broad SMARTS) is 1. The first-order valence-corrected chi connectivity index (χ1v) is 8.19. The molecule has 0 aliphatic rings. The van der Waals surface area contributed by atoms with Crippen LogP contribution in [0.4, 0.5) is 0 Å². The number of nitrogens with one attached hydrogen (secondary N) is 1. The molecule has 0 fully saturated rings. The van der Waals surface area contributed by atoms with Crippen molar-refractivity contribution in [2.75, 3.05) is 0 Å². The lowest BCUT2D eigenvalue weighted by molar-refractivity contribution is -0.139. The van der Waals surface area contributed by atoms with Gasteiger partial charge in [-0.1, -0.05) is 50.6 Å². The fourth-order valence-electron chi connectivity index (χ4n) is 2.65. The molecule has 0 aliphatic heterocycles. The van der Waals surface area contributed by atoms with Crippen molar-refractivity contribution >= 4 is 11.9 Å². The Kier molecular flexibility index (Phi) is 6.12. The molecule has 1 unspecified atom stereocenters. The number of carbonyl (C=O) groups excluding carboxylic acids is 1. The molecule has 2 rings (SSSR count). The highest BCUT2D eigenvalue weighted by Crippen LogP contribution is 2.13. The maximum atomic E-state index is 12.5. The van der Waals surface area contributed by atoms with Gasteiger partial charge in [-0.2, -0.15) is 5.10 Å². The van der Waals surface area contributed by atoms with Crippen LogP contribution < -0.4 is 5.32 Å². The van der Waals surface area contributed by atoms with Crippen LogP contribution in [0, 0.1) is 0 Å². The van der Waals surface area contributed by atoms with Gasteiger partial charge >= 0.3 is 5.97 Å². The van der Waals surface area contributed by atoms with E-state index in [1.54, 1.807) is 4.68 Å². The van der Waals surface area contributed by atoms with Gasteiger partial charge in [0.25, 0.3) is 5.91 Å². The van der Waals surface area contributed by atoms with E-state index in [1.807, 2.05) is 44.2 Å². The molecule has 1 aromatic heterocycles. The molecule has 2 aromatic rings. The summed E-state index contributed by atoms with van der Waals surface area (Å²) in [5.41, 5.74) is 2.34. The van der Waals surface area contributed by atoms with Crippen molar-refractivity contribution in [1.82, 2.24) is 15.1 Å². The molecule has 0 spiro atoms. The number of carbonyl (C=O) groups is 2. The Morgan fingerprint density at radius 3 is 2.54 bits per heavy atom. The third-order valence-electron chi connectivity index (χ3n) is 3.88. The van der Waals surface area contributed by atoms with Gasteiger partial charge in [0, 0.05) is 0 Å². The molecular weight excluding hydrogens is 306 g/mol. The maximum Gasteiger partial charge on any atom is 0.326 e. The minimum absolute atomic E-state index is 0.382. The van der Waals surface area contributed by atoms with Gasteiger partial charge in [0.1, 0.15) is 6.04 Å². The normalized spacial score (nSPS) is 11.9. The highest BCUT2D eigenvalue weighted by molar-refractivity contribution is 5.97. The fraction of sp³-hybridized carbons (Fsp3) is 0.389. The van der Waals surface area contributed by atoms with Crippen LogP contribution in [0.1, 0.15) is 48.3 Å². The zero-order valence-electron chi connectivity index (χ0n) is 14.0. The third-order valence-corrected chi connectivity index (χ3v) is 3.88. The second-order valence-electron chi connectivity index (χ2n) is 5.65. The predicted molar refractivity (Wildman–Crippen MR) is 90.9 cm³/mol. The molecule has 0 aliphatic carbocycles. The minimum Gasteiger partial charge on any atom is -0.480 e. The van der Waals surface area contributed by atoms with E-state index in [1.165, 1.54) is 6.20 Å². The second kappa shape index (κ2) is 8.29. The molecule has 1 amide bonds. The summed E-state index contributed by atoms with van der Waals surface area (Å²) in [6, 6.07) is 9.00. The lowest BCUT2D eigenvalue weighted by Gasteiger charge is -2.14. The number of hydrogen-bond acceptors (Lipinski definition) is 3. The number of benzene rings is 1. The van der Waals surface area contributed by atoms with Crippen LogP contribution in [0.3, 0.4) is 0 Å². The summed E-state index contributed by atoms with van der Waals surface area (Å²) in [7, 11) is 0. The van der Waals surface area contributed by atoms with E-state index >= 15 is 0 Å². The average molecular weight is 329 g/mol. The van der Waals surface area contributed by atoms with Crippen molar-refractivity contribution in [3.05, 3.63) is 53.3 Å². The van der Waals surface area contributed by atoms with Crippen molar-refractivity contribution in [1.29, 1.82) is 0 Å². The lowest BCUT2D eigenvalue weighted by atomic mass is 10.1. The molecule has 6 heteroatoms. The molecule has 0 saturated heterocycles. The van der Waals surface area contributed by atoms with Gasteiger partial charge in [-0.3, -0.25) is 9.48 Å². The quantitative estimate of drug-likeness (QED) is 0.779. The first-order chi connectivity index (χ1) is 11.6. The standard InChI is InChI=1S/C18H23N3O3/c1-3-8-15(18(23)24)20-17(22)14-11-19-21(16(14)4-2)12-13-9-6-5-7-10-13/h5-7,9-11,15H,3-4,8,12H2,1-2H3,(H,20,22)(H,23,24). The molecule has 1 aromatic carbocycles. The summed E-state index contributed by atoms with van der Waals surface area (Å²) in [4.78, 5) is 23.7. The van der Waals surface area contributed by atoms with Crippen LogP contribution in [-0.2, 0) is 17.8 Å². The van der Waals surface area contributed by atoms with E-state index in [-0.39, 0.29) is 5.91 Å². The SMILES string of the molecule is CCCC(NC(=O)c1cnn(Cc2ccccc2)c1CC)C(=O)O. The molecule has 24 heavy (non-hydrogen) atoms. The van der Waals surface area contributed by atoms with Gasteiger partial charge in [-0.05, 0) is 18.4 Å². The molecule has 1 heterocycles. The van der Waals surface area contributed by atoms with Crippen molar-refractivity contribution in [2.45, 2.75) is 45.7 Å². The van der Waals surface area contributed by atoms with Crippen molar-refractivity contribution in [3.8, 4) is 0 Å². The van der Waals surface area contributed by atoms with Crippen molar-refractivity contribution in [2.24, 2.45) is 0 Å². The van der Waals surface area contributed by atoms with E-state index in [0.29, 0.717) is 31.4 Å².